The van der Waals surface area contributed by atoms with Crippen molar-refractivity contribution in [3.8, 4) is 11.3 Å². The highest BCUT2D eigenvalue weighted by atomic mass is 16.5. The van der Waals surface area contributed by atoms with E-state index in [1.807, 2.05) is 24.3 Å². The number of ether oxygens (including phenoxy) is 1. The summed E-state index contributed by atoms with van der Waals surface area (Å²) in [7, 11) is 0. The molecule has 1 aliphatic rings. The Kier molecular flexibility index (Phi) is 5.29. The molecule has 1 saturated heterocycles. The largest absolute Gasteiger partial charge is 0.379 e. The summed E-state index contributed by atoms with van der Waals surface area (Å²) in [4.78, 5) is 22.9. The van der Waals surface area contributed by atoms with Gasteiger partial charge in [-0.3, -0.25) is 9.69 Å². The van der Waals surface area contributed by atoms with Crippen LogP contribution in [0.1, 0.15) is 10.4 Å². The summed E-state index contributed by atoms with van der Waals surface area (Å²) in [5.41, 5.74) is 2.20. The van der Waals surface area contributed by atoms with Gasteiger partial charge in [-0.15, -0.1) is 0 Å². The fraction of sp³-hybridized carbons (Fsp3) is 0.353. The Morgan fingerprint density at radius 3 is 2.83 bits per heavy atom. The minimum Gasteiger partial charge on any atom is -0.379 e. The number of carbonyl (C=O) groups excluding carboxylic acids is 1. The summed E-state index contributed by atoms with van der Waals surface area (Å²) in [5, 5.41) is 2.99. The topological polar surface area (TPSA) is 67.4 Å². The first-order valence-corrected chi connectivity index (χ1v) is 7.78. The summed E-state index contributed by atoms with van der Waals surface area (Å²) in [6.07, 6.45) is 3.16. The van der Waals surface area contributed by atoms with Gasteiger partial charge in [0.25, 0.3) is 5.91 Å². The zero-order valence-corrected chi connectivity index (χ0v) is 12.9. The van der Waals surface area contributed by atoms with Gasteiger partial charge in [0.05, 0.1) is 18.9 Å². The number of hydrogen-bond donors (Lipinski definition) is 1. The maximum Gasteiger partial charge on any atom is 0.252 e. The van der Waals surface area contributed by atoms with Crippen molar-refractivity contribution in [1.29, 1.82) is 0 Å². The third-order valence-electron chi connectivity index (χ3n) is 3.85. The first kappa shape index (κ1) is 15.6. The minimum absolute atomic E-state index is 0.0764. The van der Waals surface area contributed by atoms with E-state index in [9.17, 15) is 4.79 Å². The van der Waals surface area contributed by atoms with Gasteiger partial charge in [-0.1, -0.05) is 18.2 Å². The molecule has 0 bridgehead atoms. The van der Waals surface area contributed by atoms with Crippen LogP contribution in [0, 0.1) is 0 Å². The summed E-state index contributed by atoms with van der Waals surface area (Å²) < 4.78 is 5.32. The molecule has 2 aromatic rings. The normalized spacial score (nSPS) is 15.3. The Balaban J connectivity index is 1.63. The smallest absolute Gasteiger partial charge is 0.252 e. The molecule has 1 aromatic heterocycles. The molecule has 3 rings (SSSR count). The van der Waals surface area contributed by atoms with Crippen molar-refractivity contribution in [2.75, 3.05) is 39.4 Å². The van der Waals surface area contributed by atoms with Crippen molar-refractivity contribution >= 4 is 5.91 Å². The Labute approximate surface area is 135 Å². The Bertz CT molecular complexity index is 642. The average Bonchev–Trinajstić information content (AvgIpc) is 2.63. The summed E-state index contributed by atoms with van der Waals surface area (Å²) >= 11 is 0. The molecule has 0 saturated carbocycles. The summed E-state index contributed by atoms with van der Waals surface area (Å²) in [5.74, 6) is -0.0764. The molecule has 1 aliphatic heterocycles. The molecule has 1 fully saturated rings. The molecular weight excluding hydrogens is 292 g/mol. The first-order valence-electron chi connectivity index (χ1n) is 7.78. The third kappa shape index (κ3) is 4.12. The van der Waals surface area contributed by atoms with Crippen molar-refractivity contribution < 1.29 is 9.53 Å². The number of nitrogens with one attached hydrogen (secondary N) is 1. The molecule has 0 aliphatic carbocycles. The van der Waals surface area contributed by atoms with Crippen molar-refractivity contribution in [3.63, 3.8) is 0 Å². The lowest BCUT2D eigenvalue weighted by Gasteiger charge is -2.26. The van der Waals surface area contributed by atoms with Gasteiger partial charge < -0.3 is 10.1 Å². The van der Waals surface area contributed by atoms with Gasteiger partial charge in [0, 0.05) is 43.5 Å². The molecule has 1 amide bonds. The molecule has 6 heteroatoms. The zero-order chi connectivity index (χ0) is 15.9. The second-order valence-electron chi connectivity index (χ2n) is 5.35. The van der Waals surface area contributed by atoms with E-state index in [1.165, 1.54) is 6.33 Å². The van der Waals surface area contributed by atoms with Crippen LogP contribution in [0.15, 0.2) is 42.9 Å². The maximum absolute atomic E-state index is 12.5. The molecule has 6 nitrogen and oxygen atoms in total. The van der Waals surface area contributed by atoms with Crippen LogP contribution in [-0.2, 0) is 4.74 Å². The molecule has 2 heterocycles. The Hall–Kier alpha value is -2.31. The lowest BCUT2D eigenvalue weighted by molar-refractivity contribution is 0.0383. The molecular formula is C17H20N4O2. The van der Waals surface area contributed by atoms with Crippen LogP contribution < -0.4 is 5.32 Å². The third-order valence-corrected chi connectivity index (χ3v) is 3.85. The number of carbonyl (C=O) groups is 1. The second-order valence-corrected chi connectivity index (χ2v) is 5.35. The van der Waals surface area contributed by atoms with Crippen molar-refractivity contribution in [1.82, 2.24) is 20.2 Å². The molecule has 1 aromatic carbocycles. The van der Waals surface area contributed by atoms with E-state index < -0.39 is 0 Å². The SMILES string of the molecule is O=C(NCCN1CCOCC1)c1ccccc1-c1ccncn1. The number of benzene rings is 1. The predicted molar refractivity (Wildman–Crippen MR) is 87.1 cm³/mol. The molecule has 0 atom stereocenters. The van der Waals surface area contributed by atoms with Gasteiger partial charge in [-0.2, -0.15) is 0 Å². The first-order chi connectivity index (χ1) is 11.3. The number of aromatic nitrogens is 2. The van der Waals surface area contributed by atoms with E-state index in [2.05, 4.69) is 20.2 Å². The van der Waals surface area contributed by atoms with Crippen LogP contribution in [0.3, 0.4) is 0 Å². The van der Waals surface area contributed by atoms with Crippen molar-refractivity contribution in [3.05, 3.63) is 48.4 Å². The molecule has 1 N–H and O–H groups in total. The zero-order valence-electron chi connectivity index (χ0n) is 12.9. The quantitative estimate of drug-likeness (QED) is 0.899. The van der Waals surface area contributed by atoms with E-state index in [4.69, 9.17) is 4.74 Å². The molecule has 0 spiro atoms. The predicted octanol–water partition coefficient (Wildman–Crippen LogP) is 1.21. The fourth-order valence-corrected chi connectivity index (χ4v) is 2.60. The van der Waals surface area contributed by atoms with Gasteiger partial charge in [0.2, 0.25) is 0 Å². The molecule has 23 heavy (non-hydrogen) atoms. The average molecular weight is 312 g/mol. The van der Waals surface area contributed by atoms with Crippen LogP contribution in [0.4, 0.5) is 0 Å². The highest BCUT2D eigenvalue weighted by Gasteiger charge is 2.14. The molecule has 120 valence electrons. The number of amides is 1. The maximum atomic E-state index is 12.5. The van der Waals surface area contributed by atoms with Gasteiger partial charge >= 0.3 is 0 Å². The van der Waals surface area contributed by atoms with Gasteiger partial charge in [0.15, 0.2) is 0 Å². The Morgan fingerprint density at radius 1 is 1.22 bits per heavy atom. The van der Waals surface area contributed by atoms with E-state index in [0.717, 1.165) is 44.1 Å². The second kappa shape index (κ2) is 7.80. The minimum atomic E-state index is -0.0764. The molecule has 0 radical (unpaired) electrons. The summed E-state index contributed by atoms with van der Waals surface area (Å²) in [6, 6.07) is 9.30. The number of morpholine rings is 1. The highest BCUT2D eigenvalue weighted by Crippen LogP contribution is 2.20. The lowest BCUT2D eigenvalue weighted by Crippen LogP contribution is -2.41. The molecule has 0 unspecified atom stereocenters. The number of nitrogens with zero attached hydrogens (tertiary/aromatic N) is 3. The van der Waals surface area contributed by atoms with E-state index in [1.54, 1.807) is 12.3 Å². The van der Waals surface area contributed by atoms with Crippen LogP contribution in [-0.4, -0.2) is 60.2 Å². The van der Waals surface area contributed by atoms with Crippen LogP contribution in [0.25, 0.3) is 11.3 Å². The van der Waals surface area contributed by atoms with Gasteiger partial charge in [-0.25, -0.2) is 9.97 Å². The standard InChI is InChI=1S/C17H20N4O2/c22-17(19-7-8-21-9-11-23-12-10-21)15-4-2-1-3-14(15)16-5-6-18-13-20-16/h1-6,13H,7-12H2,(H,19,22). The Morgan fingerprint density at radius 2 is 2.04 bits per heavy atom. The highest BCUT2D eigenvalue weighted by molar-refractivity contribution is 6.00. The lowest BCUT2D eigenvalue weighted by atomic mass is 10.0. The van der Waals surface area contributed by atoms with Gasteiger partial charge in [0.1, 0.15) is 6.33 Å². The van der Waals surface area contributed by atoms with Crippen LogP contribution in [0.2, 0.25) is 0 Å². The van der Waals surface area contributed by atoms with E-state index in [-0.39, 0.29) is 5.91 Å². The van der Waals surface area contributed by atoms with Crippen LogP contribution >= 0.6 is 0 Å². The summed E-state index contributed by atoms with van der Waals surface area (Å²) in [6.45, 7) is 4.84. The van der Waals surface area contributed by atoms with Crippen molar-refractivity contribution in [2.45, 2.75) is 0 Å². The monoisotopic (exact) mass is 312 g/mol. The van der Waals surface area contributed by atoms with E-state index in [0.29, 0.717) is 12.1 Å². The van der Waals surface area contributed by atoms with E-state index >= 15 is 0 Å². The van der Waals surface area contributed by atoms with Gasteiger partial charge in [-0.05, 0) is 12.1 Å². The van der Waals surface area contributed by atoms with Crippen molar-refractivity contribution in [2.24, 2.45) is 0 Å². The number of hydrogen-bond acceptors (Lipinski definition) is 5. The number of rotatable bonds is 5. The fourth-order valence-electron chi connectivity index (χ4n) is 2.60. The van der Waals surface area contributed by atoms with Crippen LogP contribution in [0.5, 0.6) is 0 Å².